The van der Waals surface area contributed by atoms with Gasteiger partial charge in [0.2, 0.25) is 0 Å². The van der Waals surface area contributed by atoms with Gasteiger partial charge in [-0.25, -0.2) is 0 Å². The van der Waals surface area contributed by atoms with Gasteiger partial charge < -0.3 is 4.42 Å². The Labute approximate surface area is 257 Å². The van der Waals surface area contributed by atoms with Crippen molar-refractivity contribution in [3.63, 3.8) is 0 Å². The molecule has 0 saturated carbocycles. The van der Waals surface area contributed by atoms with Crippen LogP contribution in [0.25, 0.3) is 89.0 Å². The van der Waals surface area contributed by atoms with Gasteiger partial charge in [0.25, 0.3) is 0 Å². The summed E-state index contributed by atoms with van der Waals surface area (Å²) < 4.78 is 6.36. The van der Waals surface area contributed by atoms with Crippen LogP contribution in [0.3, 0.4) is 0 Å². The third kappa shape index (κ3) is 4.17. The molecule has 0 radical (unpaired) electrons. The van der Waals surface area contributed by atoms with E-state index in [9.17, 15) is 0 Å². The number of allylic oxidation sites excluding steroid dienone is 1. The van der Waals surface area contributed by atoms with Gasteiger partial charge >= 0.3 is 0 Å². The van der Waals surface area contributed by atoms with Gasteiger partial charge in [0.15, 0.2) is 0 Å². The van der Waals surface area contributed by atoms with Crippen LogP contribution >= 0.6 is 0 Å². The highest BCUT2D eigenvalue weighted by atomic mass is 16.3. The maximum atomic E-state index is 6.36. The molecule has 0 aliphatic heterocycles. The molecule has 0 amide bonds. The molecule has 44 heavy (non-hydrogen) atoms. The lowest BCUT2D eigenvalue weighted by Crippen LogP contribution is -1.91. The molecule has 1 nitrogen and oxygen atoms in total. The molecule has 0 spiro atoms. The fourth-order valence-electron chi connectivity index (χ4n) is 6.75. The summed E-state index contributed by atoms with van der Waals surface area (Å²) in [5, 5.41) is 7.18. The molecular weight excluding hydrogens is 532 g/mol. The topological polar surface area (TPSA) is 13.1 Å². The van der Waals surface area contributed by atoms with Gasteiger partial charge in [-0.2, -0.15) is 0 Å². The molecule has 1 aromatic heterocycles. The van der Waals surface area contributed by atoms with E-state index in [2.05, 4.69) is 146 Å². The van der Waals surface area contributed by atoms with E-state index in [-0.39, 0.29) is 0 Å². The van der Waals surface area contributed by atoms with Crippen molar-refractivity contribution in [2.45, 2.75) is 6.92 Å². The molecule has 0 unspecified atom stereocenters. The summed E-state index contributed by atoms with van der Waals surface area (Å²) in [5.41, 5.74) is 11.3. The van der Waals surface area contributed by atoms with Gasteiger partial charge in [-0.15, -0.1) is 0 Å². The highest BCUT2D eigenvalue weighted by Crippen LogP contribution is 2.45. The molecule has 0 fully saturated rings. The summed E-state index contributed by atoms with van der Waals surface area (Å²) in [6.07, 6.45) is 6.07. The summed E-state index contributed by atoms with van der Waals surface area (Å²) in [5.74, 6) is 0. The van der Waals surface area contributed by atoms with Gasteiger partial charge in [0, 0.05) is 10.8 Å². The zero-order chi connectivity index (χ0) is 29.6. The third-order valence-electron chi connectivity index (χ3n) is 8.72. The molecule has 0 N–H and O–H groups in total. The number of benzene rings is 7. The van der Waals surface area contributed by atoms with Crippen molar-refractivity contribution in [1.82, 2.24) is 0 Å². The zero-order valence-electron chi connectivity index (χ0n) is 24.5. The summed E-state index contributed by atoms with van der Waals surface area (Å²) in [6.45, 7) is 6.10. The second kappa shape index (κ2) is 10.6. The van der Waals surface area contributed by atoms with E-state index in [1.807, 2.05) is 19.1 Å². The van der Waals surface area contributed by atoms with Crippen LogP contribution in [0.2, 0.25) is 0 Å². The SMILES string of the molecule is C=Cc1cc2c(cc1/C=C\C)oc1ccc(-c3c4ccccc4c(-c4cccc(-c5ccccc5)c4)c4ccccc34)cc12. The van der Waals surface area contributed by atoms with Crippen molar-refractivity contribution in [2.75, 3.05) is 0 Å². The van der Waals surface area contributed by atoms with E-state index in [0.717, 1.165) is 33.1 Å². The molecular formula is C43H30O. The maximum Gasteiger partial charge on any atom is 0.136 e. The fourth-order valence-corrected chi connectivity index (χ4v) is 6.75. The summed E-state index contributed by atoms with van der Waals surface area (Å²) >= 11 is 0. The largest absolute Gasteiger partial charge is 0.456 e. The Morgan fingerprint density at radius 2 is 1.02 bits per heavy atom. The van der Waals surface area contributed by atoms with Gasteiger partial charge in [-0.1, -0.05) is 128 Å². The van der Waals surface area contributed by atoms with Crippen LogP contribution in [0.5, 0.6) is 0 Å². The van der Waals surface area contributed by atoms with Crippen molar-refractivity contribution < 1.29 is 4.42 Å². The number of rotatable bonds is 5. The number of fused-ring (bicyclic) bond motifs is 5. The van der Waals surface area contributed by atoms with Crippen LogP contribution in [-0.2, 0) is 0 Å². The lowest BCUT2D eigenvalue weighted by Gasteiger charge is -2.18. The van der Waals surface area contributed by atoms with Crippen molar-refractivity contribution >= 4 is 55.6 Å². The van der Waals surface area contributed by atoms with Crippen LogP contribution in [0.4, 0.5) is 0 Å². The highest BCUT2D eigenvalue weighted by Gasteiger charge is 2.18. The maximum absolute atomic E-state index is 6.36. The first-order valence-corrected chi connectivity index (χ1v) is 15.1. The van der Waals surface area contributed by atoms with Crippen molar-refractivity contribution in [3.05, 3.63) is 157 Å². The zero-order valence-corrected chi connectivity index (χ0v) is 24.5. The molecule has 8 aromatic rings. The van der Waals surface area contributed by atoms with Crippen molar-refractivity contribution in [3.8, 4) is 33.4 Å². The molecule has 208 valence electrons. The third-order valence-corrected chi connectivity index (χ3v) is 8.72. The van der Waals surface area contributed by atoms with Crippen molar-refractivity contribution in [2.24, 2.45) is 0 Å². The average Bonchev–Trinajstić information content (AvgIpc) is 3.43. The molecule has 0 bridgehead atoms. The summed E-state index contributed by atoms with van der Waals surface area (Å²) in [4.78, 5) is 0. The average molecular weight is 563 g/mol. The quantitative estimate of drug-likeness (QED) is 0.190. The molecule has 8 rings (SSSR count). The van der Waals surface area contributed by atoms with E-state index in [1.165, 1.54) is 54.9 Å². The minimum atomic E-state index is 0.888. The van der Waals surface area contributed by atoms with E-state index >= 15 is 0 Å². The lowest BCUT2D eigenvalue weighted by molar-refractivity contribution is 0.669. The first-order valence-electron chi connectivity index (χ1n) is 15.1. The highest BCUT2D eigenvalue weighted by molar-refractivity contribution is 6.22. The van der Waals surface area contributed by atoms with E-state index in [1.54, 1.807) is 0 Å². The first-order chi connectivity index (χ1) is 21.7. The Morgan fingerprint density at radius 1 is 0.455 bits per heavy atom. The molecule has 1 heteroatoms. The minimum absolute atomic E-state index is 0.888. The molecule has 0 aliphatic rings. The Balaban J connectivity index is 1.40. The Kier molecular flexibility index (Phi) is 6.24. The summed E-state index contributed by atoms with van der Waals surface area (Å²) in [7, 11) is 0. The van der Waals surface area contributed by atoms with E-state index < -0.39 is 0 Å². The molecule has 0 atom stereocenters. The van der Waals surface area contributed by atoms with Gasteiger partial charge in [-0.3, -0.25) is 0 Å². The number of hydrogen-bond donors (Lipinski definition) is 0. The second-order valence-corrected chi connectivity index (χ2v) is 11.3. The van der Waals surface area contributed by atoms with E-state index in [0.29, 0.717) is 0 Å². The minimum Gasteiger partial charge on any atom is -0.456 e. The van der Waals surface area contributed by atoms with Crippen LogP contribution in [0.1, 0.15) is 18.1 Å². The van der Waals surface area contributed by atoms with E-state index in [4.69, 9.17) is 4.42 Å². The molecule has 0 saturated heterocycles. The smallest absolute Gasteiger partial charge is 0.136 e. The Hall–Kier alpha value is -5.66. The van der Waals surface area contributed by atoms with Crippen LogP contribution in [0.15, 0.2) is 151 Å². The van der Waals surface area contributed by atoms with Gasteiger partial charge in [0.05, 0.1) is 0 Å². The molecule has 7 aromatic carbocycles. The van der Waals surface area contributed by atoms with Crippen molar-refractivity contribution in [1.29, 1.82) is 0 Å². The van der Waals surface area contributed by atoms with Gasteiger partial charge in [0.1, 0.15) is 11.2 Å². The number of hydrogen-bond acceptors (Lipinski definition) is 1. The summed E-state index contributed by atoms with van der Waals surface area (Å²) in [6, 6.07) is 48.1. The van der Waals surface area contributed by atoms with Crippen LogP contribution in [0, 0.1) is 0 Å². The number of furan rings is 1. The van der Waals surface area contributed by atoms with Crippen LogP contribution in [-0.4, -0.2) is 0 Å². The molecule has 1 heterocycles. The monoisotopic (exact) mass is 562 g/mol. The van der Waals surface area contributed by atoms with Gasteiger partial charge in [-0.05, 0) is 103 Å². The Morgan fingerprint density at radius 3 is 1.66 bits per heavy atom. The predicted molar refractivity (Wildman–Crippen MR) is 190 cm³/mol. The Bertz CT molecular complexity index is 2350. The van der Waals surface area contributed by atoms with Crippen LogP contribution < -0.4 is 0 Å². The lowest BCUT2D eigenvalue weighted by atomic mass is 9.85. The molecule has 0 aliphatic carbocycles. The standard InChI is InChI=1S/C43H30O/c1-3-13-30-27-41-39(25-28(30)4-2)38-26-33(22-23-40(38)44-41)43-36-20-10-8-18-34(36)42(35-19-9-11-21-37(35)43)32-17-12-16-31(24-32)29-14-6-5-7-15-29/h3-27H,2H2,1H3/b13-3-. The predicted octanol–water partition coefficient (Wildman–Crippen LogP) is 12.6. The fraction of sp³-hybridized carbons (Fsp3) is 0.0233. The first kappa shape index (κ1) is 26.0. The second-order valence-electron chi connectivity index (χ2n) is 11.3. The normalized spacial score (nSPS) is 11.8.